The van der Waals surface area contributed by atoms with E-state index in [2.05, 4.69) is 9.97 Å². The van der Waals surface area contributed by atoms with E-state index in [4.69, 9.17) is 10.5 Å². The number of nitrogen functional groups attached to an aromatic ring is 1. The van der Waals surface area contributed by atoms with Crippen molar-refractivity contribution in [2.45, 2.75) is 6.42 Å². The zero-order valence-electron chi connectivity index (χ0n) is 9.87. The second-order valence-corrected chi connectivity index (χ2v) is 4.13. The summed E-state index contributed by atoms with van der Waals surface area (Å²) in [6.45, 7) is 0.632. The molecular formula is C12H10N4O3. The number of ether oxygens (including phenoxy) is 1. The minimum atomic E-state index is -0.561. The minimum Gasteiger partial charge on any atom is -0.493 e. The molecular weight excluding hydrogens is 248 g/mol. The predicted octanol–water partition coefficient (Wildman–Crippen LogP) is 1.57. The molecule has 19 heavy (non-hydrogen) atoms. The molecule has 1 aliphatic heterocycles. The van der Waals surface area contributed by atoms with Gasteiger partial charge in [0.25, 0.3) is 0 Å². The number of fused-ring (bicyclic) bond motifs is 1. The Hall–Kier alpha value is -2.70. The molecule has 0 radical (unpaired) electrons. The molecule has 0 saturated carbocycles. The van der Waals surface area contributed by atoms with Gasteiger partial charge in [-0.05, 0) is 23.8 Å². The van der Waals surface area contributed by atoms with Gasteiger partial charge < -0.3 is 10.5 Å². The third kappa shape index (κ3) is 1.85. The van der Waals surface area contributed by atoms with E-state index in [-0.39, 0.29) is 17.2 Å². The molecule has 3 rings (SSSR count). The normalized spacial score (nSPS) is 12.8. The molecule has 2 N–H and O–H groups in total. The standard InChI is InChI=1S/C12H10N4O3/c13-12-11(16(17)18)10(14-6-15-12)8-1-2-9-7(5-8)3-4-19-9/h1-2,5-6H,3-4H2,(H2,13,14,15). The minimum absolute atomic E-state index is 0.133. The number of nitrogens with zero attached hydrogens (tertiary/aromatic N) is 3. The van der Waals surface area contributed by atoms with Crippen LogP contribution in [-0.4, -0.2) is 21.5 Å². The highest BCUT2D eigenvalue weighted by atomic mass is 16.6. The highest BCUT2D eigenvalue weighted by molar-refractivity contribution is 5.76. The monoisotopic (exact) mass is 258 g/mol. The summed E-state index contributed by atoms with van der Waals surface area (Å²) in [6, 6.07) is 5.37. The van der Waals surface area contributed by atoms with E-state index in [1.165, 1.54) is 6.33 Å². The summed E-state index contributed by atoms with van der Waals surface area (Å²) in [4.78, 5) is 18.2. The van der Waals surface area contributed by atoms with Crippen LogP contribution in [0.5, 0.6) is 5.75 Å². The van der Waals surface area contributed by atoms with E-state index in [0.29, 0.717) is 12.2 Å². The Kier molecular flexibility index (Phi) is 2.52. The van der Waals surface area contributed by atoms with E-state index in [1.807, 2.05) is 6.07 Å². The lowest BCUT2D eigenvalue weighted by Crippen LogP contribution is -2.02. The first kappa shape index (κ1) is 11.4. The summed E-state index contributed by atoms with van der Waals surface area (Å²) < 4.78 is 5.40. The summed E-state index contributed by atoms with van der Waals surface area (Å²) in [6.07, 6.45) is 2.01. The van der Waals surface area contributed by atoms with Gasteiger partial charge in [-0.3, -0.25) is 10.1 Å². The Morgan fingerprint density at radius 3 is 3.00 bits per heavy atom. The van der Waals surface area contributed by atoms with Crippen LogP contribution in [0.4, 0.5) is 11.5 Å². The Balaban J connectivity index is 2.17. The number of anilines is 1. The fourth-order valence-electron chi connectivity index (χ4n) is 2.12. The van der Waals surface area contributed by atoms with Crippen molar-refractivity contribution in [2.24, 2.45) is 0 Å². The Morgan fingerprint density at radius 2 is 2.21 bits per heavy atom. The van der Waals surface area contributed by atoms with Gasteiger partial charge in [-0.25, -0.2) is 9.97 Å². The van der Waals surface area contributed by atoms with Crippen molar-refractivity contribution in [3.8, 4) is 17.0 Å². The second-order valence-electron chi connectivity index (χ2n) is 4.13. The molecule has 0 bridgehead atoms. The Labute approximate surface area is 108 Å². The number of aromatic nitrogens is 2. The van der Waals surface area contributed by atoms with Crippen molar-refractivity contribution in [3.63, 3.8) is 0 Å². The fraction of sp³-hybridized carbons (Fsp3) is 0.167. The maximum atomic E-state index is 11.1. The summed E-state index contributed by atoms with van der Waals surface area (Å²) in [7, 11) is 0. The van der Waals surface area contributed by atoms with Crippen LogP contribution in [-0.2, 0) is 6.42 Å². The molecule has 96 valence electrons. The van der Waals surface area contributed by atoms with Crippen molar-refractivity contribution in [3.05, 3.63) is 40.2 Å². The van der Waals surface area contributed by atoms with Crippen LogP contribution in [0, 0.1) is 10.1 Å². The van der Waals surface area contributed by atoms with Crippen molar-refractivity contribution in [2.75, 3.05) is 12.3 Å². The van der Waals surface area contributed by atoms with Gasteiger partial charge in [0.05, 0.1) is 11.5 Å². The third-order valence-corrected chi connectivity index (χ3v) is 3.00. The first-order valence-corrected chi connectivity index (χ1v) is 5.68. The molecule has 0 fully saturated rings. The maximum absolute atomic E-state index is 11.1. The van der Waals surface area contributed by atoms with Crippen molar-refractivity contribution >= 4 is 11.5 Å². The van der Waals surface area contributed by atoms with E-state index >= 15 is 0 Å². The average molecular weight is 258 g/mol. The quantitative estimate of drug-likeness (QED) is 0.647. The zero-order valence-corrected chi connectivity index (χ0v) is 9.87. The van der Waals surface area contributed by atoms with Gasteiger partial charge in [-0.15, -0.1) is 0 Å². The molecule has 0 unspecified atom stereocenters. The molecule has 2 aromatic rings. The average Bonchev–Trinajstić information content (AvgIpc) is 2.85. The van der Waals surface area contributed by atoms with E-state index < -0.39 is 4.92 Å². The van der Waals surface area contributed by atoms with Crippen LogP contribution >= 0.6 is 0 Å². The van der Waals surface area contributed by atoms with E-state index in [9.17, 15) is 10.1 Å². The SMILES string of the molecule is Nc1ncnc(-c2ccc3c(c2)CCO3)c1[N+](=O)[O-]. The third-order valence-electron chi connectivity index (χ3n) is 3.00. The molecule has 7 nitrogen and oxygen atoms in total. The first-order chi connectivity index (χ1) is 9.16. The number of rotatable bonds is 2. The van der Waals surface area contributed by atoms with Gasteiger partial charge in [0.15, 0.2) is 5.69 Å². The van der Waals surface area contributed by atoms with Crippen molar-refractivity contribution in [1.82, 2.24) is 9.97 Å². The number of hydrogen-bond donors (Lipinski definition) is 1. The smallest absolute Gasteiger partial charge is 0.337 e. The van der Waals surface area contributed by atoms with Crippen LogP contribution in [0.2, 0.25) is 0 Å². The maximum Gasteiger partial charge on any atom is 0.337 e. The fourth-order valence-corrected chi connectivity index (χ4v) is 2.12. The molecule has 0 aliphatic carbocycles. The van der Waals surface area contributed by atoms with E-state index in [0.717, 1.165) is 17.7 Å². The topological polar surface area (TPSA) is 104 Å². The Morgan fingerprint density at radius 1 is 1.37 bits per heavy atom. The largest absolute Gasteiger partial charge is 0.493 e. The molecule has 1 aromatic carbocycles. The van der Waals surface area contributed by atoms with E-state index in [1.54, 1.807) is 12.1 Å². The highest BCUT2D eigenvalue weighted by Crippen LogP contribution is 2.35. The molecule has 0 saturated heterocycles. The highest BCUT2D eigenvalue weighted by Gasteiger charge is 2.23. The van der Waals surface area contributed by atoms with Gasteiger partial charge in [0, 0.05) is 12.0 Å². The molecule has 2 heterocycles. The number of nitrogens with two attached hydrogens (primary N) is 1. The lowest BCUT2D eigenvalue weighted by atomic mass is 10.1. The number of benzene rings is 1. The van der Waals surface area contributed by atoms with Crippen LogP contribution in [0.3, 0.4) is 0 Å². The van der Waals surface area contributed by atoms with Gasteiger partial charge in [-0.2, -0.15) is 0 Å². The molecule has 7 heteroatoms. The zero-order chi connectivity index (χ0) is 13.4. The van der Waals surface area contributed by atoms with Crippen LogP contribution in [0.15, 0.2) is 24.5 Å². The molecule has 1 aliphatic rings. The van der Waals surface area contributed by atoms with Gasteiger partial charge in [0.2, 0.25) is 5.82 Å². The summed E-state index contributed by atoms with van der Waals surface area (Å²) in [5, 5.41) is 11.1. The van der Waals surface area contributed by atoms with Gasteiger partial charge in [0.1, 0.15) is 12.1 Å². The van der Waals surface area contributed by atoms with Crippen molar-refractivity contribution in [1.29, 1.82) is 0 Å². The molecule has 0 atom stereocenters. The Bertz CT molecular complexity index is 672. The lowest BCUT2D eigenvalue weighted by Gasteiger charge is -2.05. The number of hydrogen-bond acceptors (Lipinski definition) is 6. The van der Waals surface area contributed by atoms with Crippen molar-refractivity contribution < 1.29 is 9.66 Å². The number of nitro groups is 1. The second kappa shape index (κ2) is 4.20. The van der Waals surface area contributed by atoms with Crippen LogP contribution < -0.4 is 10.5 Å². The van der Waals surface area contributed by atoms with Gasteiger partial charge in [-0.1, -0.05) is 0 Å². The lowest BCUT2D eigenvalue weighted by molar-refractivity contribution is -0.383. The predicted molar refractivity (Wildman–Crippen MR) is 67.7 cm³/mol. The van der Waals surface area contributed by atoms with Crippen LogP contribution in [0.25, 0.3) is 11.3 Å². The summed E-state index contributed by atoms with van der Waals surface area (Å²) >= 11 is 0. The molecule has 1 aromatic heterocycles. The molecule has 0 amide bonds. The summed E-state index contributed by atoms with van der Waals surface area (Å²) in [5.74, 6) is 0.681. The van der Waals surface area contributed by atoms with Crippen LogP contribution in [0.1, 0.15) is 5.56 Å². The first-order valence-electron chi connectivity index (χ1n) is 5.68. The van der Waals surface area contributed by atoms with Gasteiger partial charge >= 0.3 is 5.69 Å². The molecule has 0 spiro atoms. The summed E-state index contributed by atoms with van der Waals surface area (Å²) in [5.41, 5.74) is 7.18.